The summed E-state index contributed by atoms with van der Waals surface area (Å²) in [5.74, 6) is 6.88. The van der Waals surface area contributed by atoms with Gasteiger partial charge in [-0.15, -0.1) is 0 Å². The van der Waals surface area contributed by atoms with E-state index < -0.39 is 0 Å². The second kappa shape index (κ2) is 7.10. The highest BCUT2D eigenvalue weighted by molar-refractivity contribution is 5.59. The van der Waals surface area contributed by atoms with Crippen molar-refractivity contribution in [2.24, 2.45) is 5.84 Å². The van der Waals surface area contributed by atoms with E-state index in [2.05, 4.69) is 15.4 Å². The first kappa shape index (κ1) is 14.6. The number of hydrogen-bond acceptors (Lipinski definition) is 7. The van der Waals surface area contributed by atoms with Crippen molar-refractivity contribution < 1.29 is 10.2 Å². The predicted molar refractivity (Wildman–Crippen MR) is 70.3 cm³/mol. The van der Waals surface area contributed by atoms with Gasteiger partial charge in [0, 0.05) is 18.7 Å². The van der Waals surface area contributed by atoms with Crippen molar-refractivity contribution in [2.45, 2.75) is 19.8 Å². The molecule has 1 aromatic heterocycles. The predicted octanol–water partition coefficient (Wildman–Crippen LogP) is -0.323. The number of aliphatic hydroxyl groups is 2. The van der Waals surface area contributed by atoms with E-state index in [0.717, 1.165) is 5.56 Å². The number of aliphatic hydroxyl groups excluding tert-OH is 2. The van der Waals surface area contributed by atoms with Crippen LogP contribution in [0, 0.1) is 0 Å². The van der Waals surface area contributed by atoms with Crippen LogP contribution in [0.15, 0.2) is 6.33 Å². The molecule has 0 unspecified atom stereocenters. The summed E-state index contributed by atoms with van der Waals surface area (Å²) in [6.07, 6.45) is 1.41. The number of nitrogens with one attached hydrogen (secondary N) is 1. The topological polar surface area (TPSA) is 108 Å². The lowest BCUT2D eigenvalue weighted by atomic mass is 10.0. The molecule has 0 spiro atoms. The molecular formula is C11H21N5O2. The summed E-state index contributed by atoms with van der Waals surface area (Å²) < 4.78 is 0. The molecule has 0 aliphatic heterocycles. The normalized spacial score (nSPS) is 10.8. The first-order chi connectivity index (χ1) is 8.65. The van der Waals surface area contributed by atoms with Gasteiger partial charge in [0.05, 0.1) is 13.2 Å². The summed E-state index contributed by atoms with van der Waals surface area (Å²) in [6.45, 7) is 4.82. The minimum Gasteiger partial charge on any atom is -0.395 e. The minimum absolute atomic E-state index is 0.00702. The van der Waals surface area contributed by atoms with Gasteiger partial charge in [-0.2, -0.15) is 0 Å². The number of hydrogen-bond donors (Lipinski definition) is 4. The average Bonchev–Trinajstić information content (AvgIpc) is 2.37. The third-order valence-electron chi connectivity index (χ3n) is 2.62. The number of nitrogens with two attached hydrogens (primary N) is 1. The van der Waals surface area contributed by atoms with E-state index in [9.17, 15) is 0 Å². The Morgan fingerprint density at radius 2 is 1.89 bits per heavy atom. The van der Waals surface area contributed by atoms with Gasteiger partial charge in [-0.1, -0.05) is 13.8 Å². The standard InChI is InChI=1S/C11H21N5O2/c1-8(2)9-10(15-12)13-7-14-11(9)16(3-5-17)4-6-18/h7-8,17-18H,3-6,12H2,1-2H3,(H,13,14,15). The molecule has 0 aromatic carbocycles. The van der Waals surface area contributed by atoms with E-state index >= 15 is 0 Å². The van der Waals surface area contributed by atoms with Crippen LogP contribution in [0.5, 0.6) is 0 Å². The van der Waals surface area contributed by atoms with Crippen LogP contribution in [0.4, 0.5) is 11.6 Å². The molecular weight excluding hydrogens is 234 g/mol. The zero-order valence-electron chi connectivity index (χ0n) is 10.8. The summed E-state index contributed by atoms with van der Waals surface area (Å²) in [4.78, 5) is 10.1. The fourth-order valence-electron chi connectivity index (χ4n) is 1.85. The average molecular weight is 255 g/mol. The molecule has 0 atom stereocenters. The zero-order valence-corrected chi connectivity index (χ0v) is 10.8. The zero-order chi connectivity index (χ0) is 13.5. The molecule has 0 saturated heterocycles. The molecule has 102 valence electrons. The van der Waals surface area contributed by atoms with Crippen LogP contribution in [0.2, 0.25) is 0 Å². The highest BCUT2D eigenvalue weighted by Crippen LogP contribution is 2.30. The Morgan fingerprint density at radius 1 is 1.28 bits per heavy atom. The van der Waals surface area contributed by atoms with Crippen LogP contribution in [0.25, 0.3) is 0 Å². The largest absolute Gasteiger partial charge is 0.395 e. The van der Waals surface area contributed by atoms with Crippen molar-refractivity contribution >= 4 is 11.6 Å². The number of nitrogen functional groups attached to an aromatic ring is 1. The lowest BCUT2D eigenvalue weighted by Crippen LogP contribution is -2.32. The monoisotopic (exact) mass is 255 g/mol. The molecule has 1 heterocycles. The van der Waals surface area contributed by atoms with E-state index in [1.807, 2.05) is 18.7 Å². The van der Waals surface area contributed by atoms with Gasteiger partial charge in [-0.3, -0.25) is 0 Å². The minimum atomic E-state index is -0.00702. The first-order valence-corrected chi connectivity index (χ1v) is 5.93. The molecule has 0 saturated carbocycles. The molecule has 1 rings (SSSR count). The van der Waals surface area contributed by atoms with Crippen LogP contribution < -0.4 is 16.2 Å². The van der Waals surface area contributed by atoms with E-state index in [4.69, 9.17) is 16.1 Å². The van der Waals surface area contributed by atoms with E-state index in [1.165, 1.54) is 6.33 Å². The van der Waals surface area contributed by atoms with Crippen LogP contribution in [0.1, 0.15) is 25.3 Å². The molecule has 0 bridgehead atoms. The quantitative estimate of drug-likeness (QED) is 0.390. The molecule has 0 radical (unpaired) electrons. The fourth-order valence-corrected chi connectivity index (χ4v) is 1.85. The maximum absolute atomic E-state index is 9.07. The summed E-state index contributed by atoms with van der Waals surface area (Å²) in [5, 5.41) is 18.1. The highest BCUT2D eigenvalue weighted by atomic mass is 16.3. The van der Waals surface area contributed by atoms with Gasteiger partial charge >= 0.3 is 0 Å². The number of hydrazine groups is 1. The Hall–Kier alpha value is -1.44. The van der Waals surface area contributed by atoms with Gasteiger partial charge in [0.25, 0.3) is 0 Å². The smallest absolute Gasteiger partial charge is 0.148 e. The molecule has 1 aromatic rings. The molecule has 18 heavy (non-hydrogen) atoms. The Morgan fingerprint density at radius 3 is 2.33 bits per heavy atom. The lowest BCUT2D eigenvalue weighted by Gasteiger charge is -2.26. The Kier molecular flexibility index (Phi) is 5.76. The van der Waals surface area contributed by atoms with Crippen molar-refractivity contribution in [3.8, 4) is 0 Å². The fraction of sp³-hybridized carbons (Fsp3) is 0.636. The van der Waals surface area contributed by atoms with Crippen molar-refractivity contribution in [1.29, 1.82) is 0 Å². The van der Waals surface area contributed by atoms with Gasteiger partial charge in [-0.25, -0.2) is 15.8 Å². The van der Waals surface area contributed by atoms with Crippen molar-refractivity contribution in [3.63, 3.8) is 0 Å². The van der Waals surface area contributed by atoms with Gasteiger partial charge < -0.3 is 20.5 Å². The van der Waals surface area contributed by atoms with Gasteiger partial charge in [0.1, 0.15) is 18.0 Å². The molecule has 7 nitrogen and oxygen atoms in total. The molecule has 5 N–H and O–H groups in total. The maximum atomic E-state index is 9.07. The second-order valence-corrected chi connectivity index (χ2v) is 4.19. The third kappa shape index (κ3) is 3.28. The van der Waals surface area contributed by atoms with Crippen LogP contribution in [-0.4, -0.2) is 46.5 Å². The number of nitrogens with zero attached hydrogens (tertiary/aromatic N) is 3. The van der Waals surface area contributed by atoms with Gasteiger partial charge in [-0.05, 0) is 5.92 Å². The molecule has 0 aliphatic rings. The van der Waals surface area contributed by atoms with Crippen LogP contribution in [0.3, 0.4) is 0 Å². The van der Waals surface area contributed by atoms with E-state index in [-0.39, 0.29) is 19.1 Å². The number of rotatable bonds is 7. The summed E-state index contributed by atoms with van der Waals surface area (Å²) in [7, 11) is 0. The highest BCUT2D eigenvalue weighted by Gasteiger charge is 2.18. The SMILES string of the molecule is CC(C)c1c(NN)ncnc1N(CCO)CCO. The van der Waals surface area contributed by atoms with Crippen molar-refractivity contribution in [2.75, 3.05) is 36.6 Å². The van der Waals surface area contributed by atoms with Crippen molar-refractivity contribution in [1.82, 2.24) is 9.97 Å². The van der Waals surface area contributed by atoms with Gasteiger partial charge in [0.15, 0.2) is 0 Å². The Bertz CT molecular complexity index is 366. The van der Waals surface area contributed by atoms with E-state index in [0.29, 0.717) is 24.7 Å². The van der Waals surface area contributed by atoms with Crippen molar-refractivity contribution in [3.05, 3.63) is 11.9 Å². The third-order valence-corrected chi connectivity index (χ3v) is 2.62. The van der Waals surface area contributed by atoms with Crippen LogP contribution in [-0.2, 0) is 0 Å². The Labute approximate surface area is 107 Å². The molecule has 7 heteroatoms. The Balaban J connectivity index is 3.18. The molecule has 0 fully saturated rings. The summed E-state index contributed by atoms with van der Waals surface area (Å²) >= 11 is 0. The van der Waals surface area contributed by atoms with Crippen LogP contribution >= 0.6 is 0 Å². The first-order valence-electron chi connectivity index (χ1n) is 5.93. The molecule has 0 amide bonds. The summed E-state index contributed by atoms with van der Waals surface area (Å²) in [5.41, 5.74) is 3.43. The summed E-state index contributed by atoms with van der Waals surface area (Å²) in [6, 6.07) is 0. The molecule has 0 aliphatic carbocycles. The van der Waals surface area contributed by atoms with Gasteiger partial charge in [0.2, 0.25) is 0 Å². The number of aromatic nitrogens is 2. The number of anilines is 2. The maximum Gasteiger partial charge on any atom is 0.148 e. The lowest BCUT2D eigenvalue weighted by molar-refractivity contribution is 0.280. The van der Waals surface area contributed by atoms with E-state index in [1.54, 1.807) is 0 Å². The second-order valence-electron chi connectivity index (χ2n) is 4.19.